The molecule has 0 saturated heterocycles. The minimum Gasteiger partial charge on any atom is -0.496 e. The van der Waals surface area contributed by atoms with Crippen molar-refractivity contribution in [1.29, 1.82) is 0 Å². The summed E-state index contributed by atoms with van der Waals surface area (Å²) in [5, 5.41) is 3.13. The lowest BCUT2D eigenvalue weighted by atomic mass is 10.1. The van der Waals surface area contributed by atoms with Crippen molar-refractivity contribution in [3.63, 3.8) is 0 Å². The van der Waals surface area contributed by atoms with Gasteiger partial charge in [-0.05, 0) is 29.8 Å². The van der Waals surface area contributed by atoms with Crippen molar-refractivity contribution in [3.8, 4) is 17.0 Å². The van der Waals surface area contributed by atoms with Gasteiger partial charge in [0.25, 0.3) is 0 Å². The van der Waals surface area contributed by atoms with Crippen LogP contribution >= 0.6 is 0 Å². The summed E-state index contributed by atoms with van der Waals surface area (Å²) in [7, 11) is 1.57. The molecule has 0 bridgehead atoms. The summed E-state index contributed by atoms with van der Waals surface area (Å²) in [6.07, 6.45) is -1.22. The second kappa shape index (κ2) is 7.43. The highest BCUT2D eigenvalue weighted by Gasteiger charge is 2.29. The molecule has 0 unspecified atom stereocenters. The number of para-hydroxylation sites is 1. The molecule has 0 aliphatic carbocycles. The number of anilines is 1. The predicted octanol–water partition coefficient (Wildman–Crippen LogP) is 4.78. The normalized spacial score (nSPS) is 11.2. The molecule has 4 nitrogen and oxygen atoms in total. The fourth-order valence-corrected chi connectivity index (χ4v) is 2.50. The molecule has 3 aromatic rings. The summed E-state index contributed by atoms with van der Waals surface area (Å²) in [5.74, 6) is 1.18. The van der Waals surface area contributed by atoms with Crippen molar-refractivity contribution < 1.29 is 17.9 Å². The molecule has 0 radical (unpaired) electrons. The van der Waals surface area contributed by atoms with Gasteiger partial charge in [0, 0.05) is 24.5 Å². The summed E-state index contributed by atoms with van der Waals surface area (Å²) in [5.41, 5.74) is 1.42. The number of hydrogen-bond acceptors (Lipinski definition) is 4. The Morgan fingerprint density at radius 3 is 2.35 bits per heavy atom. The zero-order chi connectivity index (χ0) is 18.6. The van der Waals surface area contributed by atoms with Crippen LogP contribution in [0.25, 0.3) is 11.3 Å². The third-order valence-corrected chi connectivity index (χ3v) is 3.80. The number of aromatic nitrogens is 2. The molecule has 0 aliphatic rings. The fraction of sp³-hybridized carbons (Fsp3) is 0.158. The molecule has 0 aliphatic heterocycles. The number of hydrogen-bond donors (Lipinski definition) is 1. The highest BCUT2D eigenvalue weighted by molar-refractivity contribution is 5.76. The van der Waals surface area contributed by atoms with Crippen LogP contribution in [0, 0.1) is 0 Å². The number of ether oxygens (including phenoxy) is 1. The van der Waals surface area contributed by atoms with Gasteiger partial charge < -0.3 is 10.1 Å². The number of nitrogens with one attached hydrogen (secondary N) is 1. The van der Waals surface area contributed by atoms with Gasteiger partial charge in [0.1, 0.15) is 11.4 Å². The Hall–Kier alpha value is -3.09. The molecule has 0 spiro atoms. The molecule has 0 fully saturated rings. The highest BCUT2D eigenvalue weighted by Crippen LogP contribution is 2.32. The second-order valence-electron chi connectivity index (χ2n) is 5.50. The molecule has 2 aromatic carbocycles. The first-order valence-corrected chi connectivity index (χ1v) is 7.83. The smallest absolute Gasteiger partial charge is 0.416 e. The van der Waals surface area contributed by atoms with Gasteiger partial charge in [-0.2, -0.15) is 13.2 Å². The average molecular weight is 359 g/mol. The molecular formula is C19H16F3N3O. The van der Waals surface area contributed by atoms with Crippen molar-refractivity contribution in [2.24, 2.45) is 0 Å². The molecule has 0 amide bonds. The molecular weight excluding hydrogens is 343 g/mol. The first-order chi connectivity index (χ1) is 12.5. The molecule has 1 heterocycles. The van der Waals surface area contributed by atoms with Gasteiger partial charge in [-0.15, -0.1) is 0 Å². The van der Waals surface area contributed by atoms with Crippen molar-refractivity contribution in [3.05, 3.63) is 72.1 Å². The summed E-state index contributed by atoms with van der Waals surface area (Å²) >= 11 is 0. The van der Waals surface area contributed by atoms with E-state index in [0.29, 0.717) is 29.4 Å². The third kappa shape index (κ3) is 3.93. The number of benzene rings is 2. The van der Waals surface area contributed by atoms with Crippen molar-refractivity contribution in [2.75, 3.05) is 12.4 Å². The minimum atomic E-state index is -4.34. The monoisotopic (exact) mass is 359 g/mol. The number of methoxy groups -OCH3 is 1. The Morgan fingerprint density at radius 2 is 1.65 bits per heavy atom. The Labute approximate surface area is 148 Å². The molecule has 1 aromatic heterocycles. The van der Waals surface area contributed by atoms with E-state index >= 15 is 0 Å². The summed E-state index contributed by atoms with van der Waals surface area (Å²) < 4.78 is 43.3. The molecule has 1 N–H and O–H groups in total. The summed E-state index contributed by atoms with van der Waals surface area (Å²) in [4.78, 5) is 8.66. The third-order valence-electron chi connectivity index (χ3n) is 3.80. The maximum Gasteiger partial charge on any atom is 0.416 e. The van der Waals surface area contributed by atoms with Crippen LogP contribution in [0.5, 0.6) is 5.75 Å². The van der Waals surface area contributed by atoms with Gasteiger partial charge in [0.15, 0.2) is 5.82 Å². The zero-order valence-corrected chi connectivity index (χ0v) is 13.9. The SMILES string of the molecule is COc1ccccc1-c1nccnc1NCc1ccc(C(F)(F)F)cc1. The maximum absolute atomic E-state index is 12.6. The zero-order valence-electron chi connectivity index (χ0n) is 13.9. The van der Waals surface area contributed by atoms with Crippen molar-refractivity contribution in [2.45, 2.75) is 12.7 Å². The number of halogens is 3. The number of rotatable bonds is 5. The molecule has 7 heteroatoms. The average Bonchev–Trinajstić information content (AvgIpc) is 2.66. The van der Waals surface area contributed by atoms with E-state index in [9.17, 15) is 13.2 Å². The quantitative estimate of drug-likeness (QED) is 0.712. The Morgan fingerprint density at radius 1 is 0.962 bits per heavy atom. The summed E-state index contributed by atoms with van der Waals surface area (Å²) in [6.45, 7) is 0.318. The van der Waals surface area contributed by atoms with Crippen LogP contribution in [0.2, 0.25) is 0 Å². The van der Waals surface area contributed by atoms with Gasteiger partial charge in [-0.1, -0.05) is 24.3 Å². The maximum atomic E-state index is 12.6. The standard InChI is InChI=1S/C19H16F3N3O/c1-26-16-5-3-2-4-15(16)17-18(24-11-10-23-17)25-12-13-6-8-14(9-7-13)19(20,21)22/h2-11H,12H2,1H3,(H,24,25). The first-order valence-electron chi connectivity index (χ1n) is 7.83. The molecule has 26 heavy (non-hydrogen) atoms. The van der Waals surface area contributed by atoms with Gasteiger partial charge in [0.05, 0.1) is 12.7 Å². The van der Waals surface area contributed by atoms with Gasteiger partial charge in [0.2, 0.25) is 0 Å². The lowest BCUT2D eigenvalue weighted by Crippen LogP contribution is -2.07. The Bertz CT molecular complexity index is 880. The highest BCUT2D eigenvalue weighted by atomic mass is 19.4. The molecule has 0 atom stereocenters. The van der Waals surface area contributed by atoms with Gasteiger partial charge >= 0.3 is 6.18 Å². The molecule has 0 saturated carbocycles. The minimum absolute atomic E-state index is 0.318. The van der Waals surface area contributed by atoms with E-state index in [-0.39, 0.29) is 0 Å². The first kappa shape index (κ1) is 17.7. The van der Waals surface area contributed by atoms with E-state index in [2.05, 4.69) is 15.3 Å². The van der Waals surface area contributed by atoms with Crippen molar-refractivity contribution in [1.82, 2.24) is 9.97 Å². The largest absolute Gasteiger partial charge is 0.496 e. The lowest BCUT2D eigenvalue weighted by molar-refractivity contribution is -0.137. The van der Waals surface area contributed by atoms with E-state index in [1.807, 2.05) is 24.3 Å². The van der Waals surface area contributed by atoms with Crippen LogP contribution in [-0.4, -0.2) is 17.1 Å². The fourth-order valence-electron chi connectivity index (χ4n) is 2.50. The van der Waals surface area contributed by atoms with E-state index in [4.69, 9.17) is 4.74 Å². The predicted molar refractivity (Wildman–Crippen MR) is 92.8 cm³/mol. The Balaban J connectivity index is 1.81. The Kier molecular flexibility index (Phi) is 5.06. The number of alkyl halides is 3. The van der Waals surface area contributed by atoms with Crippen LogP contribution < -0.4 is 10.1 Å². The van der Waals surface area contributed by atoms with Gasteiger partial charge in [-0.3, -0.25) is 4.98 Å². The van der Waals surface area contributed by atoms with E-state index < -0.39 is 11.7 Å². The van der Waals surface area contributed by atoms with Gasteiger partial charge in [-0.25, -0.2) is 4.98 Å². The van der Waals surface area contributed by atoms with E-state index in [1.54, 1.807) is 19.5 Å². The van der Waals surface area contributed by atoms with E-state index in [0.717, 1.165) is 17.7 Å². The van der Waals surface area contributed by atoms with Crippen molar-refractivity contribution >= 4 is 5.82 Å². The number of nitrogens with zero attached hydrogens (tertiary/aromatic N) is 2. The van der Waals surface area contributed by atoms with Crippen LogP contribution in [-0.2, 0) is 12.7 Å². The lowest BCUT2D eigenvalue weighted by Gasteiger charge is -2.13. The van der Waals surface area contributed by atoms with Crippen LogP contribution in [0.3, 0.4) is 0 Å². The summed E-state index contributed by atoms with van der Waals surface area (Å²) in [6, 6.07) is 12.4. The van der Waals surface area contributed by atoms with Crippen LogP contribution in [0.15, 0.2) is 60.9 Å². The van der Waals surface area contributed by atoms with E-state index in [1.165, 1.54) is 12.1 Å². The molecule has 3 rings (SSSR count). The second-order valence-corrected chi connectivity index (χ2v) is 5.50. The molecule has 134 valence electrons. The van der Waals surface area contributed by atoms with Crippen LogP contribution in [0.1, 0.15) is 11.1 Å². The topological polar surface area (TPSA) is 47.0 Å². The van der Waals surface area contributed by atoms with Crippen LogP contribution in [0.4, 0.5) is 19.0 Å².